The van der Waals surface area contributed by atoms with Crippen LogP contribution in [0.3, 0.4) is 0 Å². The second-order valence-electron chi connectivity index (χ2n) is 6.83. The summed E-state index contributed by atoms with van der Waals surface area (Å²) < 4.78 is 5.40. The fraction of sp³-hybridized carbons (Fsp3) is 0.938. The van der Waals surface area contributed by atoms with E-state index in [1.807, 2.05) is 0 Å². The van der Waals surface area contributed by atoms with Crippen molar-refractivity contribution in [1.29, 1.82) is 0 Å². The molecule has 0 aromatic rings. The van der Waals surface area contributed by atoms with Crippen LogP contribution < -0.4 is 5.32 Å². The summed E-state index contributed by atoms with van der Waals surface area (Å²) in [6.07, 6.45) is 9.63. The lowest BCUT2D eigenvalue weighted by atomic mass is 10.0. The number of ether oxygens (including phenoxy) is 1. The van der Waals surface area contributed by atoms with Gasteiger partial charge < -0.3 is 9.64 Å². The SMILES string of the molecule is CCCC(COC)N1C(=O)C2(CC2)NC1C1CCCC1. The summed E-state index contributed by atoms with van der Waals surface area (Å²) >= 11 is 0. The first-order chi connectivity index (χ1) is 9.72. The molecule has 2 saturated carbocycles. The molecule has 4 nitrogen and oxygen atoms in total. The molecule has 1 amide bonds. The van der Waals surface area contributed by atoms with E-state index in [9.17, 15) is 4.79 Å². The molecule has 3 fully saturated rings. The molecular formula is C16H28N2O2. The summed E-state index contributed by atoms with van der Waals surface area (Å²) in [6.45, 7) is 2.86. The van der Waals surface area contributed by atoms with Crippen LogP contribution in [0.5, 0.6) is 0 Å². The summed E-state index contributed by atoms with van der Waals surface area (Å²) in [4.78, 5) is 15.0. The molecule has 1 saturated heterocycles. The van der Waals surface area contributed by atoms with Crippen LogP contribution in [-0.2, 0) is 9.53 Å². The average molecular weight is 280 g/mol. The lowest BCUT2D eigenvalue weighted by molar-refractivity contribution is -0.135. The molecule has 0 aromatic carbocycles. The zero-order chi connectivity index (χ0) is 14.2. The third-order valence-corrected chi connectivity index (χ3v) is 5.34. The zero-order valence-electron chi connectivity index (χ0n) is 12.9. The Labute approximate surface area is 122 Å². The molecule has 1 spiro atoms. The zero-order valence-corrected chi connectivity index (χ0v) is 12.9. The van der Waals surface area contributed by atoms with Crippen molar-refractivity contribution < 1.29 is 9.53 Å². The van der Waals surface area contributed by atoms with E-state index in [0.29, 0.717) is 18.4 Å². The number of methoxy groups -OCH3 is 1. The fourth-order valence-electron chi connectivity index (χ4n) is 4.11. The summed E-state index contributed by atoms with van der Waals surface area (Å²) in [5.41, 5.74) is -0.188. The Morgan fingerprint density at radius 1 is 1.40 bits per heavy atom. The van der Waals surface area contributed by atoms with Crippen molar-refractivity contribution in [3.05, 3.63) is 0 Å². The van der Waals surface area contributed by atoms with Crippen molar-refractivity contribution in [2.24, 2.45) is 5.92 Å². The van der Waals surface area contributed by atoms with E-state index in [-0.39, 0.29) is 17.7 Å². The van der Waals surface area contributed by atoms with Crippen molar-refractivity contribution >= 4 is 5.91 Å². The van der Waals surface area contributed by atoms with Gasteiger partial charge in [0.25, 0.3) is 0 Å². The van der Waals surface area contributed by atoms with Crippen molar-refractivity contribution in [2.45, 2.75) is 76.0 Å². The predicted octanol–water partition coefficient (Wildman–Crippen LogP) is 2.28. The topological polar surface area (TPSA) is 41.6 Å². The fourth-order valence-corrected chi connectivity index (χ4v) is 4.11. The first-order valence-electron chi connectivity index (χ1n) is 8.31. The third-order valence-electron chi connectivity index (χ3n) is 5.34. The van der Waals surface area contributed by atoms with Gasteiger partial charge >= 0.3 is 0 Å². The molecule has 0 aromatic heterocycles. The smallest absolute Gasteiger partial charge is 0.244 e. The highest BCUT2D eigenvalue weighted by atomic mass is 16.5. The first kappa shape index (κ1) is 14.3. The Morgan fingerprint density at radius 3 is 2.65 bits per heavy atom. The molecule has 1 aliphatic heterocycles. The lowest BCUT2D eigenvalue weighted by Crippen LogP contribution is -2.49. The number of carbonyl (C=O) groups excluding carboxylic acids is 1. The Hall–Kier alpha value is -0.610. The lowest BCUT2D eigenvalue weighted by Gasteiger charge is -2.35. The molecule has 114 valence electrons. The largest absolute Gasteiger partial charge is 0.383 e. The van der Waals surface area contributed by atoms with Gasteiger partial charge in [-0.3, -0.25) is 10.1 Å². The van der Waals surface area contributed by atoms with Gasteiger partial charge in [-0.05, 0) is 38.0 Å². The number of amides is 1. The van der Waals surface area contributed by atoms with E-state index >= 15 is 0 Å². The molecule has 20 heavy (non-hydrogen) atoms. The quantitative estimate of drug-likeness (QED) is 0.811. The molecule has 2 atom stereocenters. The summed E-state index contributed by atoms with van der Waals surface area (Å²) in [6, 6.07) is 0.246. The maximum absolute atomic E-state index is 12.9. The maximum Gasteiger partial charge on any atom is 0.244 e. The molecule has 0 bridgehead atoms. The van der Waals surface area contributed by atoms with E-state index in [4.69, 9.17) is 4.74 Å². The molecule has 4 heteroatoms. The second-order valence-corrected chi connectivity index (χ2v) is 6.83. The van der Waals surface area contributed by atoms with Crippen LogP contribution in [0, 0.1) is 5.92 Å². The van der Waals surface area contributed by atoms with Crippen LogP contribution in [0.1, 0.15) is 58.3 Å². The highest BCUT2D eigenvalue weighted by Crippen LogP contribution is 2.46. The highest BCUT2D eigenvalue weighted by Gasteiger charge is 2.61. The van der Waals surface area contributed by atoms with E-state index in [1.165, 1.54) is 25.7 Å². The van der Waals surface area contributed by atoms with Gasteiger partial charge in [-0.25, -0.2) is 0 Å². The number of nitrogens with zero attached hydrogens (tertiary/aromatic N) is 1. The van der Waals surface area contributed by atoms with Gasteiger partial charge in [0.2, 0.25) is 5.91 Å². The van der Waals surface area contributed by atoms with Gasteiger partial charge in [0.1, 0.15) is 0 Å². The van der Waals surface area contributed by atoms with E-state index < -0.39 is 0 Å². The maximum atomic E-state index is 12.9. The monoisotopic (exact) mass is 280 g/mol. The molecule has 3 rings (SSSR count). The normalized spacial score (nSPS) is 30.4. The Bertz CT molecular complexity index is 355. The van der Waals surface area contributed by atoms with E-state index in [2.05, 4.69) is 17.1 Å². The van der Waals surface area contributed by atoms with Gasteiger partial charge in [-0.2, -0.15) is 0 Å². The van der Waals surface area contributed by atoms with Crippen LogP contribution in [-0.4, -0.2) is 42.3 Å². The molecule has 3 aliphatic rings. The summed E-state index contributed by atoms with van der Waals surface area (Å²) in [7, 11) is 1.74. The number of hydrogen-bond donors (Lipinski definition) is 1. The van der Waals surface area contributed by atoms with Crippen LogP contribution in [0.15, 0.2) is 0 Å². The van der Waals surface area contributed by atoms with Crippen molar-refractivity contribution in [1.82, 2.24) is 10.2 Å². The minimum atomic E-state index is -0.188. The van der Waals surface area contributed by atoms with Gasteiger partial charge in [-0.1, -0.05) is 26.2 Å². The van der Waals surface area contributed by atoms with Crippen LogP contribution in [0.2, 0.25) is 0 Å². The van der Waals surface area contributed by atoms with E-state index in [1.54, 1.807) is 7.11 Å². The Morgan fingerprint density at radius 2 is 2.10 bits per heavy atom. The van der Waals surface area contributed by atoms with Crippen LogP contribution >= 0.6 is 0 Å². The third kappa shape index (κ3) is 2.37. The predicted molar refractivity (Wildman–Crippen MR) is 78.3 cm³/mol. The van der Waals surface area contributed by atoms with Gasteiger partial charge in [0.15, 0.2) is 0 Å². The molecular weight excluding hydrogens is 252 g/mol. The summed E-state index contributed by atoms with van der Waals surface area (Å²) in [5, 5.41) is 3.70. The van der Waals surface area contributed by atoms with Crippen molar-refractivity contribution in [2.75, 3.05) is 13.7 Å². The second kappa shape index (κ2) is 5.64. The van der Waals surface area contributed by atoms with Crippen molar-refractivity contribution in [3.63, 3.8) is 0 Å². The Balaban J connectivity index is 1.80. The molecule has 1 heterocycles. The molecule has 1 N–H and O–H groups in total. The van der Waals surface area contributed by atoms with Gasteiger partial charge in [0, 0.05) is 7.11 Å². The van der Waals surface area contributed by atoms with Gasteiger partial charge in [0.05, 0.1) is 24.4 Å². The average Bonchev–Trinajstić information content (AvgIpc) is 2.91. The highest BCUT2D eigenvalue weighted by molar-refractivity contribution is 5.92. The van der Waals surface area contributed by atoms with Crippen LogP contribution in [0.4, 0.5) is 0 Å². The molecule has 2 unspecified atom stereocenters. The number of rotatable bonds is 6. The molecule has 0 radical (unpaired) electrons. The minimum absolute atomic E-state index is 0.188. The minimum Gasteiger partial charge on any atom is -0.383 e. The van der Waals surface area contributed by atoms with Gasteiger partial charge in [-0.15, -0.1) is 0 Å². The first-order valence-corrected chi connectivity index (χ1v) is 8.31. The van der Waals surface area contributed by atoms with Crippen LogP contribution in [0.25, 0.3) is 0 Å². The number of carbonyl (C=O) groups is 1. The Kier molecular flexibility index (Phi) is 4.04. The number of nitrogens with one attached hydrogen (secondary N) is 1. The summed E-state index contributed by atoms with van der Waals surface area (Å²) in [5.74, 6) is 1.00. The number of hydrogen-bond acceptors (Lipinski definition) is 3. The standard InChI is InChI=1S/C16H28N2O2/c1-3-6-13(11-20-2)18-14(12-7-4-5-8-12)17-16(9-10-16)15(18)19/h12-14,17H,3-11H2,1-2H3. The van der Waals surface area contributed by atoms with E-state index in [0.717, 1.165) is 25.7 Å². The molecule has 2 aliphatic carbocycles. The van der Waals surface area contributed by atoms with Crippen molar-refractivity contribution in [3.8, 4) is 0 Å².